The van der Waals surface area contributed by atoms with E-state index in [0.29, 0.717) is 13.1 Å². The van der Waals surface area contributed by atoms with Gasteiger partial charge in [0.1, 0.15) is 5.75 Å². The first-order chi connectivity index (χ1) is 13.8. The number of ether oxygens (including phenoxy) is 1. The maximum Gasteiger partial charge on any atom is 0.265 e. The number of anilines is 1. The number of aliphatic imine (C=N–C) groups is 1. The maximum atomic E-state index is 12.2. The lowest BCUT2D eigenvalue weighted by Crippen LogP contribution is -2.43. The molecule has 28 heavy (non-hydrogen) atoms. The Morgan fingerprint density at radius 1 is 1.14 bits per heavy atom. The number of carbonyl (C=O) groups is 1. The molecule has 7 heteroatoms. The van der Waals surface area contributed by atoms with Gasteiger partial charge < -0.3 is 25.2 Å². The summed E-state index contributed by atoms with van der Waals surface area (Å²) in [6.45, 7) is 8.73. The molecule has 0 unspecified atom stereocenters. The van der Waals surface area contributed by atoms with Gasteiger partial charge in [0.15, 0.2) is 12.6 Å². The molecule has 0 bridgehead atoms. The van der Waals surface area contributed by atoms with Gasteiger partial charge in [0, 0.05) is 32.7 Å². The third-order valence-electron chi connectivity index (χ3n) is 5.13. The second kappa shape index (κ2) is 10.9. The largest absolute Gasteiger partial charge is 0.482 e. The molecular weight excluding hydrogens is 354 g/mol. The molecule has 2 N–H and O–H groups in total. The Balaban J connectivity index is 1.44. The van der Waals surface area contributed by atoms with Crippen LogP contribution >= 0.6 is 0 Å². The third-order valence-corrected chi connectivity index (χ3v) is 5.13. The van der Waals surface area contributed by atoms with Gasteiger partial charge in [0.05, 0.1) is 5.69 Å². The average Bonchev–Trinajstić information content (AvgIpc) is 2.73. The van der Waals surface area contributed by atoms with Crippen LogP contribution in [-0.4, -0.2) is 69.2 Å². The van der Waals surface area contributed by atoms with Gasteiger partial charge in [-0.25, -0.2) is 0 Å². The summed E-state index contributed by atoms with van der Waals surface area (Å²) in [6, 6.07) is 7.70. The summed E-state index contributed by atoms with van der Waals surface area (Å²) in [5, 5.41) is 6.73. The summed E-state index contributed by atoms with van der Waals surface area (Å²) in [5.41, 5.74) is 0.856. The minimum atomic E-state index is 0.00856. The van der Waals surface area contributed by atoms with Crippen LogP contribution < -0.4 is 20.3 Å². The Morgan fingerprint density at radius 3 is 2.79 bits per heavy atom. The average molecular weight is 388 g/mol. The van der Waals surface area contributed by atoms with Gasteiger partial charge in [-0.15, -0.1) is 0 Å². The summed E-state index contributed by atoms with van der Waals surface area (Å²) >= 11 is 0. The zero-order valence-electron chi connectivity index (χ0n) is 17.0. The summed E-state index contributed by atoms with van der Waals surface area (Å²) in [6.07, 6.45) is 4.81. The molecule has 1 aromatic rings. The number of fused-ring (bicyclic) bond motifs is 1. The Kier molecular flexibility index (Phi) is 7.96. The van der Waals surface area contributed by atoms with Gasteiger partial charge in [-0.05, 0) is 51.4 Å². The number of hydrogen-bond donors (Lipinski definition) is 2. The Labute approximate surface area is 168 Å². The number of hydrogen-bond acceptors (Lipinski definition) is 4. The summed E-state index contributed by atoms with van der Waals surface area (Å²) in [4.78, 5) is 21.2. The van der Waals surface area contributed by atoms with Gasteiger partial charge in [-0.3, -0.25) is 9.79 Å². The topological polar surface area (TPSA) is 69.2 Å². The molecule has 0 radical (unpaired) electrons. The molecule has 1 amide bonds. The van der Waals surface area contributed by atoms with Gasteiger partial charge in [0.2, 0.25) is 0 Å². The highest BCUT2D eigenvalue weighted by molar-refractivity contribution is 5.97. The molecule has 2 aliphatic heterocycles. The van der Waals surface area contributed by atoms with E-state index in [2.05, 4.69) is 27.4 Å². The molecule has 7 nitrogen and oxygen atoms in total. The van der Waals surface area contributed by atoms with Crippen molar-refractivity contribution in [3.8, 4) is 5.75 Å². The summed E-state index contributed by atoms with van der Waals surface area (Å²) in [7, 11) is 0. The highest BCUT2D eigenvalue weighted by Gasteiger charge is 2.24. The molecule has 0 saturated carbocycles. The fourth-order valence-electron chi connectivity index (χ4n) is 3.68. The molecular formula is C21H33N5O2. The molecule has 0 aromatic heterocycles. The molecule has 154 valence electrons. The van der Waals surface area contributed by atoms with Crippen LogP contribution in [0.15, 0.2) is 29.3 Å². The second-order valence-electron chi connectivity index (χ2n) is 7.25. The lowest BCUT2D eigenvalue weighted by molar-refractivity contribution is -0.121. The molecule has 0 spiro atoms. The number of nitrogens with one attached hydrogen (secondary N) is 2. The lowest BCUT2D eigenvalue weighted by Gasteiger charge is -2.29. The molecule has 1 fully saturated rings. The maximum absolute atomic E-state index is 12.2. The van der Waals surface area contributed by atoms with Crippen molar-refractivity contribution in [2.75, 3.05) is 57.3 Å². The van der Waals surface area contributed by atoms with Crippen molar-refractivity contribution in [3.63, 3.8) is 0 Å². The second-order valence-corrected chi connectivity index (χ2v) is 7.25. The predicted octanol–water partition coefficient (Wildman–Crippen LogP) is 1.84. The molecule has 1 saturated heterocycles. The summed E-state index contributed by atoms with van der Waals surface area (Å²) in [5.74, 6) is 1.64. The fraction of sp³-hybridized carbons (Fsp3) is 0.619. The van der Waals surface area contributed by atoms with E-state index in [1.165, 1.54) is 32.4 Å². The van der Waals surface area contributed by atoms with Crippen molar-refractivity contribution < 1.29 is 9.53 Å². The Hall–Kier alpha value is -2.28. The molecule has 3 rings (SSSR count). The van der Waals surface area contributed by atoms with Crippen molar-refractivity contribution in [3.05, 3.63) is 24.3 Å². The normalized spacial score (nSPS) is 17.8. The minimum Gasteiger partial charge on any atom is -0.482 e. The molecule has 2 heterocycles. The molecule has 0 atom stereocenters. The Bertz CT molecular complexity index is 658. The number of rotatable bonds is 8. The van der Waals surface area contributed by atoms with Crippen molar-refractivity contribution in [1.82, 2.24) is 15.5 Å². The number of guanidine groups is 1. The van der Waals surface area contributed by atoms with Crippen molar-refractivity contribution in [2.24, 2.45) is 4.99 Å². The van der Waals surface area contributed by atoms with Crippen LogP contribution in [0, 0.1) is 0 Å². The number of benzene rings is 1. The van der Waals surface area contributed by atoms with Crippen molar-refractivity contribution in [2.45, 2.75) is 32.6 Å². The van der Waals surface area contributed by atoms with Crippen LogP contribution in [0.4, 0.5) is 5.69 Å². The molecule has 2 aliphatic rings. The minimum absolute atomic E-state index is 0.00856. The third kappa shape index (κ3) is 5.86. The van der Waals surface area contributed by atoms with Crippen LogP contribution in [0.25, 0.3) is 0 Å². The number of amides is 1. The Morgan fingerprint density at radius 2 is 1.96 bits per heavy atom. The van der Waals surface area contributed by atoms with Crippen LogP contribution in [0.1, 0.15) is 32.6 Å². The first-order valence-electron chi connectivity index (χ1n) is 10.5. The van der Waals surface area contributed by atoms with Gasteiger partial charge in [-0.1, -0.05) is 18.6 Å². The zero-order valence-corrected chi connectivity index (χ0v) is 17.0. The highest BCUT2D eigenvalue weighted by atomic mass is 16.5. The van der Waals surface area contributed by atoms with E-state index >= 15 is 0 Å². The van der Waals surface area contributed by atoms with Crippen molar-refractivity contribution in [1.29, 1.82) is 0 Å². The number of likely N-dealkylation sites (tertiary alicyclic amines) is 1. The highest BCUT2D eigenvalue weighted by Crippen LogP contribution is 2.31. The van der Waals surface area contributed by atoms with Crippen LogP contribution in [0.3, 0.4) is 0 Å². The van der Waals surface area contributed by atoms with Gasteiger partial charge in [0.25, 0.3) is 5.91 Å². The van der Waals surface area contributed by atoms with Gasteiger partial charge >= 0.3 is 0 Å². The van der Waals surface area contributed by atoms with E-state index in [4.69, 9.17) is 4.74 Å². The zero-order chi connectivity index (χ0) is 19.6. The van der Waals surface area contributed by atoms with Crippen LogP contribution in [0.5, 0.6) is 5.75 Å². The first-order valence-corrected chi connectivity index (χ1v) is 10.5. The number of para-hydroxylation sites is 2. The van der Waals surface area contributed by atoms with E-state index in [0.717, 1.165) is 43.5 Å². The predicted molar refractivity (Wildman–Crippen MR) is 113 cm³/mol. The van der Waals surface area contributed by atoms with Crippen LogP contribution in [-0.2, 0) is 4.79 Å². The standard InChI is InChI=1S/C21H33N5O2/c1-2-22-21(24-12-16-25-13-6-3-7-14-25)23-11-8-15-26-18-9-4-5-10-19(18)28-17-20(26)27/h4-5,9-10H,2-3,6-8,11-17H2,1H3,(H2,22,23,24). The van der Waals surface area contributed by atoms with Gasteiger partial charge in [-0.2, -0.15) is 0 Å². The van der Waals surface area contributed by atoms with E-state index < -0.39 is 0 Å². The lowest BCUT2D eigenvalue weighted by atomic mass is 10.1. The van der Waals surface area contributed by atoms with Crippen molar-refractivity contribution >= 4 is 17.6 Å². The molecule has 1 aromatic carbocycles. The molecule has 0 aliphatic carbocycles. The van der Waals surface area contributed by atoms with E-state index in [1.54, 1.807) is 0 Å². The van der Waals surface area contributed by atoms with E-state index in [1.807, 2.05) is 29.2 Å². The van der Waals surface area contributed by atoms with Crippen LogP contribution in [0.2, 0.25) is 0 Å². The summed E-state index contributed by atoms with van der Waals surface area (Å²) < 4.78 is 5.49. The number of nitrogens with zero attached hydrogens (tertiary/aromatic N) is 3. The fourth-order valence-corrected chi connectivity index (χ4v) is 3.68. The SMILES string of the molecule is CCNC(=NCCCN1C(=O)COc2ccccc21)NCCN1CCCCC1. The monoisotopic (exact) mass is 387 g/mol. The quantitative estimate of drug-likeness (QED) is 0.405. The first kappa shape index (κ1) is 20.5. The number of piperidine rings is 1. The van der Waals surface area contributed by atoms with E-state index in [9.17, 15) is 4.79 Å². The number of carbonyl (C=O) groups excluding carboxylic acids is 1. The smallest absolute Gasteiger partial charge is 0.265 e. The van der Waals surface area contributed by atoms with E-state index in [-0.39, 0.29) is 12.5 Å².